The van der Waals surface area contributed by atoms with Crippen LogP contribution in [0.15, 0.2) is 35.2 Å². The first-order valence-corrected chi connectivity index (χ1v) is 8.05. The Morgan fingerprint density at radius 2 is 2.04 bits per heavy atom. The first kappa shape index (κ1) is 14.4. The predicted molar refractivity (Wildman–Crippen MR) is 82.4 cm³/mol. The lowest BCUT2D eigenvalue weighted by Crippen LogP contribution is -2.45. The van der Waals surface area contributed by atoms with Gasteiger partial charge in [0.1, 0.15) is 0 Å². The van der Waals surface area contributed by atoms with Crippen LogP contribution in [0.5, 0.6) is 0 Å². The number of nitrogens with zero attached hydrogens (tertiary/aromatic N) is 2. The molecule has 4 unspecified atom stereocenters. The number of hydrogen-bond donors (Lipinski definition) is 2. The lowest BCUT2D eigenvalue weighted by Gasteiger charge is -2.30. The molecule has 2 N–H and O–H groups in total. The molecular weight excluding hydrogens is 294 g/mol. The van der Waals surface area contributed by atoms with Gasteiger partial charge in [-0.15, -0.1) is 0 Å². The summed E-state index contributed by atoms with van der Waals surface area (Å²) in [5.41, 5.74) is 1.42. The zero-order valence-electron chi connectivity index (χ0n) is 12.7. The highest BCUT2D eigenvalue weighted by atomic mass is 16.5. The number of amides is 1. The summed E-state index contributed by atoms with van der Waals surface area (Å²) >= 11 is 0. The van der Waals surface area contributed by atoms with E-state index in [4.69, 9.17) is 4.52 Å². The van der Waals surface area contributed by atoms with E-state index in [0.29, 0.717) is 23.2 Å². The zero-order chi connectivity index (χ0) is 15.8. The second kappa shape index (κ2) is 5.77. The minimum Gasteiger partial charge on any atom is -0.396 e. The van der Waals surface area contributed by atoms with E-state index < -0.39 is 0 Å². The van der Waals surface area contributed by atoms with E-state index in [2.05, 4.69) is 15.5 Å². The third-order valence-corrected chi connectivity index (χ3v) is 5.36. The number of carbonyl (C=O) groups excluding carboxylic acids is 1. The van der Waals surface area contributed by atoms with E-state index in [1.807, 2.05) is 12.1 Å². The summed E-state index contributed by atoms with van der Waals surface area (Å²) in [4.78, 5) is 16.5. The van der Waals surface area contributed by atoms with Crippen LogP contribution in [-0.2, 0) is 0 Å². The molecule has 120 valence electrons. The van der Waals surface area contributed by atoms with Gasteiger partial charge in [0.05, 0.1) is 0 Å². The van der Waals surface area contributed by atoms with E-state index in [-0.39, 0.29) is 24.5 Å². The maximum atomic E-state index is 12.5. The van der Waals surface area contributed by atoms with E-state index in [9.17, 15) is 9.90 Å². The molecule has 1 aromatic carbocycles. The van der Waals surface area contributed by atoms with E-state index >= 15 is 0 Å². The molecule has 0 saturated heterocycles. The van der Waals surface area contributed by atoms with Crippen molar-refractivity contribution in [3.63, 3.8) is 0 Å². The molecule has 6 nitrogen and oxygen atoms in total. The number of hydrogen-bond acceptors (Lipinski definition) is 5. The molecule has 2 fully saturated rings. The van der Waals surface area contributed by atoms with Gasteiger partial charge in [0.25, 0.3) is 5.91 Å². The number of aliphatic hydroxyl groups is 1. The zero-order valence-corrected chi connectivity index (χ0v) is 12.7. The summed E-state index contributed by atoms with van der Waals surface area (Å²) in [5.74, 6) is 1.71. The number of benzene rings is 1. The molecule has 1 aromatic heterocycles. The van der Waals surface area contributed by atoms with Crippen LogP contribution in [0.1, 0.15) is 29.6 Å². The van der Waals surface area contributed by atoms with Crippen molar-refractivity contribution < 1.29 is 14.4 Å². The van der Waals surface area contributed by atoms with Crippen molar-refractivity contribution in [1.82, 2.24) is 15.5 Å². The van der Waals surface area contributed by atoms with Gasteiger partial charge in [-0.05, 0) is 43.2 Å². The van der Waals surface area contributed by atoms with Crippen molar-refractivity contribution in [2.75, 3.05) is 6.61 Å². The first-order chi connectivity index (χ1) is 11.3. The van der Waals surface area contributed by atoms with Crippen LogP contribution >= 0.6 is 0 Å². The monoisotopic (exact) mass is 313 g/mol. The molecule has 1 amide bonds. The fraction of sp³-hybridized carbons (Fsp3) is 0.471. The average Bonchev–Trinajstić information content (AvgIpc) is 3.32. The summed E-state index contributed by atoms with van der Waals surface area (Å²) in [7, 11) is 0. The average molecular weight is 313 g/mol. The molecule has 2 aliphatic rings. The Morgan fingerprint density at radius 1 is 1.26 bits per heavy atom. The van der Waals surface area contributed by atoms with Crippen LogP contribution in [0.4, 0.5) is 0 Å². The summed E-state index contributed by atoms with van der Waals surface area (Å²) in [6.07, 6.45) is 4.75. The molecule has 4 rings (SSSR count). The number of nitrogens with one attached hydrogen (secondary N) is 1. The Hall–Kier alpha value is -2.21. The van der Waals surface area contributed by atoms with E-state index in [0.717, 1.165) is 18.4 Å². The van der Waals surface area contributed by atoms with Gasteiger partial charge in [0, 0.05) is 29.7 Å². The molecule has 6 heteroatoms. The summed E-state index contributed by atoms with van der Waals surface area (Å²) in [6, 6.07) is 7.25. The van der Waals surface area contributed by atoms with Crippen molar-refractivity contribution in [3.05, 3.63) is 36.2 Å². The molecule has 23 heavy (non-hydrogen) atoms. The molecule has 0 radical (unpaired) electrons. The van der Waals surface area contributed by atoms with Gasteiger partial charge in [-0.2, -0.15) is 4.98 Å². The lowest BCUT2D eigenvalue weighted by molar-refractivity contribution is 0.0861. The van der Waals surface area contributed by atoms with Gasteiger partial charge in [-0.3, -0.25) is 4.79 Å². The Labute approximate surface area is 133 Å². The third-order valence-electron chi connectivity index (χ3n) is 5.36. The van der Waals surface area contributed by atoms with Crippen molar-refractivity contribution >= 4 is 5.91 Å². The SMILES string of the molecule is O=C(NC1C2CCC(C2)C1CO)c1ccc(-c2ncon2)cc1. The fourth-order valence-electron chi connectivity index (χ4n) is 4.20. The van der Waals surface area contributed by atoms with Gasteiger partial charge in [-0.1, -0.05) is 17.3 Å². The van der Waals surface area contributed by atoms with Crippen molar-refractivity contribution in [2.45, 2.75) is 25.3 Å². The summed E-state index contributed by atoms with van der Waals surface area (Å²) in [5, 5.41) is 16.5. The van der Waals surface area contributed by atoms with Crippen LogP contribution in [0.2, 0.25) is 0 Å². The number of aromatic nitrogens is 2. The third kappa shape index (κ3) is 2.53. The highest BCUT2D eigenvalue weighted by Gasteiger charge is 2.47. The second-order valence-electron chi connectivity index (χ2n) is 6.51. The first-order valence-electron chi connectivity index (χ1n) is 8.05. The van der Waals surface area contributed by atoms with Crippen LogP contribution in [0.25, 0.3) is 11.4 Å². The summed E-state index contributed by atoms with van der Waals surface area (Å²) in [6.45, 7) is 0.156. The van der Waals surface area contributed by atoms with Gasteiger partial charge < -0.3 is 14.9 Å². The van der Waals surface area contributed by atoms with Crippen LogP contribution in [0, 0.1) is 17.8 Å². The smallest absolute Gasteiger partial charge is 0.251 e. The minimum atomic E-state index is -0.0827. The minimum absolute atomic E-state index is 0.0827. The molecule has 2 saturated carbocycles. The quantitative estimate of drug-likeness (QED) is 0.899. The Kier molecular flexibility index (Phi) is 3.61. The standard InChI is InChI=1S/C17H19N3O3/c21-8-14-12-5-6-13(7-12)15(14)19-17(22)11-3-1-10(2-4-11)16-18-9-23-20-16/h1-4,9,12-15,21H,5-8H2,(H,19,22). The molecule has 1 heterocycles. The number of fused-ring (bicyclic) bond motifs is 2. The van der Waals surface area contributed by atoms with Gasteiger partial charge in [0.2, 0.25) is 12.2 Å². The summed E-state index contributed by atoms with van der Waals surface area (Å²) < 4.78 is 4.72. The molecule has 0 spiro atoms. The largest absolute Gasteiger partial charge is 0.396 e. The van der Waals surface area contributed by atoms with Crippen LogP contribution in [-0.4, -0.2) is 33.8 Å². The van der Waals surface area contributed by atoms with Gasteiger partial charge in [0.15, 0.2) is 0 Å². The second-order valence-corrected chi connectivity index (χ2v) is 6.51. The van der Waals surface area contributed by atoms with Gasteiger partial charge in [-0.25, -0.2) is 0 Å². The predicted octanol–water partition coefficient (Wildman–Crippen LogP) is 1.87. The molecule has 2 bridgehead atoms. The van der Waals surface area contributed by atoms with Crippen molar-refractivity contribution in [2.24, 2.45) is 17.8 Å². The highest BCUT2D eigenvalue weighted by Crippen LogP contribution is 2.48. The maximum absolute atomic E-state index is 12.5. The van der Waals surface area contributed by atoms with E-state index in [1.54, 1.807) is 12.1 Å². The van der Waals surface area contributed by atoms with Crippen LogP contribution in [0.3, 0.4) is 0 Å². The molecule has 0 aliphatic heterocycles. The molecule has 4 atom stereocenters. The Morgan fingerprint density at radius 3 is 2.74 bits per heavy atom. The number of aliphatic hydroxyl groups excluding tert-OH is 1. The number of carbonyl (C=O) groups is 1. The molecule has 2 aromatic rings. The van der Waals surface area contributed by atoms with Gasteiger partial charge >= 0.3 is 0 Å². The normalized spacial score (nSPS) is 28.9. The van der Waals surface area contributed by atoms with Crippen LogP contribution < -0.4 is 5.32 Å². The van der Waals surface area contributed by atoms with E-state index in [1.165, 1.54) is 12.8 Å². The molecule has 2 aliphatic carbocycles. The van der Waals surface area contributed by atoms with Crippen molar-refractivity contribution in [1.29, 1.82) is 0 Å². The molecular formula is C17H19N3O3. The Bertz CT molecular complexity index is 684. The highest BCUT2D eigenvalue weighted by molar-refractivity contribution is 5.94. The fourth-order valence-corrected chi connectivity index (χ4v) is 4.20. The lowest BCUT2D eigenvalue weighted by atomic mass is 9.85. The Balaban J connectivity index is 1.47. The topological polar surface area (TPSA) is 88.2 Å². The maximum Gasteiger partial charge on any atom is 0.251 e. The van der Waals surface area contributed by atoms with Crippen molar-refractivity contribution in [3.8, 4) is 11.4 Å². The number of rotatable bonds is 4.